The molecule has 0 rings (SSSR count). The van der Waals surface area contributed by atoms with Crippen molar-refractivity contribution in [2.75, 3.05) is 39.6 Å². The van der Waals surface area contributed by atoms with Gasteiger partial charge in [0.1, 0.15) is 13.2 Å². The van der Waals surface area contributed by atoms with Gasteiger partial charge in [0.05, 0.1) is 19.8 Å². The first-order chi connectivity index (χ1) is 16.2. The quantitative estimate of drug-likeness (QED) is 0.116. The fourth-order valence-corrected chi connectivity index (χ4v) is 15.9. The second-order valence-corrected chi connectivity index (χ2v) is 26.4. The van der Waals surface area contributed by atoms with Gasteiger partial charge < -0.3 is 32.6 Å². The van der Waals surface area contributed by atoms with Gasteiger partial charge in [0.15, 0.2) is 25.7 Å². The third kappa shape index (κ3) is 27.9. The highest BCUT2D eigenvalue weighted by atomic mass is 28.4. The third-order valence-electron chi connectivity index (χ3n) is 3.89. The van der Waals surface area contributed by atoms with Crippen LogP contribution in [0.3, 0.4) is 0 Å². The molecule has 0 aromatic rings. The Morgan fingerprint density at radius 3 is 1.92 bits per heavy atom. The maximum absolute atomic E-state index is 11.4. The second-order valence-electron chi connectivity index (χ2n) is 11.3. The van der Waals surface area contributed by atoms with Gasteiger partial charge in [-0.25, -0.2) is 0 Å². The summed E-state index contributed by atoms with van der Waals surface area (Å²) in [5, 5.41) is 2.39. The predicted molar refractivity (Wildman–Crippen MR) is 156 cm³/mol. The standard InChI is InChI=1S/C18H37NO7Si2.C5H16OSi2/c1-15(2)18(21)19-12-17(20)25-11-10-23-8-9-24-13-16(3)14-28(7,22)26-27(4,5)6;1-7(2)6-8(3,4)5/h16,22H,1,8-14H2,2-7H3,(H,19,21);7H,1-5H3. The zero-order valence-corrected chi connectivity index (χ0v) is 28.8. The van der Waals surface area contributed by atoms with E-state index in [4.69, 9.17) is 22.4 Å². The van der Waals surface area contributed by atoms with E-state index in [1.165, 1.54) is 0 Å². The highest BCUT2D eigenvalue weighted by Gasteiger charge is 2.34. The van der Waals surface area contributed by atoms with Gasteiger partial charge in [-0.1, -0.05) is 13.5 Å². The van der Waals surface area contributed by atoms with Crippen molar-refractivity contribution in [3.63, 3.8) is 0 Å². The lowest BCUT2D eigenvalue weighted by Crippen LogP contribution is -2.46. The molecular weight excluding hydrogens is 531 g/mol. The van der Waals surface area contributed by atoms with Crippen LogP contribution in [-0.2, 0) is 32.0 Å². The maximum Gasteiger partial charge on any atom is 0.325 e. The number of hydrogen-bond donors (Lipinski definition) is 2. The van der Waals surface area contributed by atoms with E-state index in [2.05, 4.69) is 64.3 Å². The fraction of sp³-hybridized carbons (Fsp3) is 0.826. The molecule has 2 unspecified atom stereocenters. The number of amides is 1. The second kappa shape index (κ2) is 18.6. The van der Waals surface area contributed by atoms with E-state index in [-0.39, 0.29) is 31.6 Å². The fourth-order valence-electron chi connectivity index (χ4n) is 3.19. The van der Waals surface area contributed by atoms with Crippen LogP contribution in [-0.4, -0.2) is 90.5 Å². The van der Waals surface area contributed by atoms with Crippen LogP contribution in [0.5, 0.6) is 0 Å². The van der Waals surface area contributed by atoms with Crippen LogP contribution >= 0.6 is 0 Å². The largest absolute Gasteiger partial charge is 0.462 e. The summed E-state index contributed by atoms with van der Waals surface area (Å²) in [7, 11) is -6.29. The van der Waals surface area contributed by atoms with Gasteiger partial charge in [0.2, 0.25) is 5.91 Å². The SMILES string of the molecule is C=C(C)C(=O)NCC(=O)OCCOCCOCC(C)C[Si](C)(O)O[Si](C)(C)C.C[SiH](C)O[Si](C)(C)C. The van der Waals surface area contributed by atoms with Crippen LogP contribution in [0.2, 0.25) is 65.0 Å². The summed E-state index contributed by atoms with van der Waals surface area (Å²) in [5.41, 5.74) is 0.333. The Morgan fingerprint density at radius 2 is 1.47 bits per heavy atom. The van der Waals surface area contributed by atoms with Crippen molar-refractivity contribution in [3.05, 3.63) is 12.2 Å². The summed E-state index contributed by atoms with van der Waals surface area (Å²) in [6.07, 6.45) is 0. The molecule has 0 aromatic carbocycles. The molecule has 0 saturated heterocycles. The molecule has 9 nitrogen and oxygen atoms in total. The first kappa shape index (κ1) is 37.5. The molecule has 36 heavy (non-hydrogen) atoms. The normalized spacial score (nSPS) is 14.4. The number of carbonyl (C=O) groups excluding carboxylic acids is 2. The smallest absolute Gasteiger partial charge is 0.325 e. The summed E-state index contributed by atoms with van der Waals surface area (Å²) in [4.78, 5) is 33.1. The molecule has 0 spiro atoms. The summed E-state index contributed by atoms with van der Waals surface area (Å²) in [6.45, 7) is 27.8. The highest BCUT2D eigenvalue weighted by Crippen LogP contribution is 2.20. The molecule has 0 aromatic heterocycles. The summed E-state index contributed by atoms with van der Waals surface area (Å²) >= 11 is 0. The Morgan fingerprint density at radius 1 is 0.944 bits per heavy atom. The molecule has 2 N–H and O–H groups in total. The topological polar surface area (TPSA) is 113 Å². The lowest BCUT2D eigenvalue weighted by Gasteiger charge is -2.31. The van der Waals surface area contributed by atoms with E-state index in [0.717, 1.165) is 0 Å². The minimum absolute atomic E-state index is 0.112. The van der Waals surface area contributed by atoms with Crippen molar-refractivity contribution in [2.45, 2.75) is 78.8 Å². The van der Waals surface area contributed by atoms with Crippen molar-refractivity contribution >= 4 is 46.1 Å². The molecule has 0 aliphatic rings. The Bertz CT molecular complexity index is 649. The zero-order chi connectivity index (χ0) is 28.6. The first-order valence-corrected chi connectivity index (χ1v) is 24.8. The number of rotatable bonds is 17. The van der Waals surface area contributed by atoms with Crippen LogP contribution in [0.1, 0.15) is 13.8 Å². The molecule has 2 atom stereocenters. The van der Waals surface area contributed by atoms with Gasteiger partial charge in [-0.2, -0.15) is 0 Å². The summed E-state index contributed by atoms with van der Waals surface area (Å²) in [6, 6.07) is 0.635. The Labute approximate surface area is 224 Å². The van der Waals surface area contributed by atoms with E-state index in [1.807, 2.05) is 13.5 Å². The molecule has 214 valence electrons. The summed E-state index contributed by atoms with van der Waals surface area (Å²) < 4.78 is 27.5. The zero-order valence-electron chi connectivity index (χ0n) is 24.6. The van der Waals surface area contributed by atoms with Gasteiger partial charge >= 0.3 is 14.5 Å². The van der Waals surface area contributed by atoms with Crippen LogP contribution in [0.4, 0.5) is 0 Å². The van der Waals surface area contributed by atoms with Crippen molar-refractivity contribution in [2.24, 2.45) is 5.92 Å². The molecule has 0 saturated carbocycles. The lowest BCUT2D eigenvalue weighted by atomic mass is 10.2. The molecular formula is C23H53NO8Si4. The Balaban J connectivity index is 0. The minimum atomic E-state index is -2.65. The van der Waals surface area contributed by atoms with Crippen LogP contribution in [0.25, 0.3) is 0 Å². The average Bonchev–Trinajstić information content (AvgIpc) is 2.64. The Kier molecular flexibility index (Phi) is 19.3. The minimum Gasteiger partial charge on any atom is -0.462 e. The van der Waals surface area contributed by atoms with Gasteiger partial charge in [-0.15, -0.1) is 0 Å². The van der Waals surface area contributed by atoms with Crippen molar-refractivity contribution in [3.8, 4) is 0 Å². The number of nitrogens with one attached hydrogen (secondary N) is 1. The number of ether oxygens (including phenoxy) is 3. The maximum atomic E-state index is 11.4. The van der Waals surface area contributed by atoms with E-state index < -0.39 is 40.2 Å². The number of esters is 1. The van der Waals surface area contributed by atoms with Crippen molar-refractivity contribution < 1.29 is 36.8 Å². The van der Waals surface area contributed by atoms with Crippen LogP contribution in [0.15, 0.2) is 12.2 Å². The molecule has 0 aliphatic carbocycles. The van der Waals surface area contributed by atoms with Crippen molar-refractivity contribution in [1.82, 2.24) is 5.32 Å². The summed E-state index contributed by atoms with van der Waals surface area (Å²) in [5.74, 6) is -0.704. The third-order valence-corrected chi connectivity index (χ3v) is 14.3. The van der Waals surface area contributed by atoms with Gasteiger partial charge in [0, 0.05) is 12.2 Å². The van der Waals surface area contributed by atoms with Gasteiger partial charge in [-0.3, -0.25) is 9.59 Å². The van der Waals surface area contributed by atoms with Crippen LogP contribution in [0, 0.1) is 5.92 Å². The molecule has 13 heteroatoms. The molecule has 0 bridgehead atoms. The van der Waals surface area contributed by atoms with E-state index in [1.54, 1.807) is 6.92 Å². The Hall–Kier alpha value is -0.652. The van der Waals surface area contributed by atoms with E-state index in [0.29, 0.717) is 31.4 Å². The molecule has 0 heterocycles. The molecule has 0 radical (unpaired) electrons. The van der Waals surface area contributed by atoms with E-state index in [9.17, 15) is 14.4 Å². The monoisotopic (exact) mass is 583 g/mol. The highest BCUT2D eigenvalue weighted by molar-refractivity contribution is 6.81. The molecule has 0 aliphatic heterocycles. The number of carbonyl (C=O) groups is 2. The lowest BCUT2D eigenvalue weighted by molar-refractivity contribution is -0.145. The van der Waals surface area contributed by atoms with Gasteiger partial charge in [0.25, 0.3) is 0 Å². The number of hydrogen-bond acceptors (Lipinski definition) is 8. The van der Waals surface area contributed by atoms with Gasteiger partial charge in [-0.05, 0) is 77.8 Å². The van der Waals surface area contributed by atoms with Crippen molar-refractivity contribution in [1.29, 1.82) is 0 Å². The predicted octanol–water partition coefficient (Wildman–Crippen LogP) is 3.63. The molecule has 0 fully saturated rings. The molecule has 1 amide bonds. The van der Waals surface area contributed by atoms with E-state index >= 15 is 0 Å². The van der Waals surface area contributed by atoms with Crippen LogP contribution < -0.4 is 5.32 Å². The average molecular weight is 584 g/mol. The first-order valence-electron chi connectivity index (χ1n) is 12.6.